The van der Waals surface area contributed by atoms with Gasteiger partial charge in [0.05, 0.1) is 0 Å². The van der Waals surface area contributed by atoms with Crippen LogP contribution in [0.25, 0.3) is 0 Å². The standard InChI is InChI=1S/C13H23NO3/c1-12(2,3)14(9-10(15)16)11(17)13(4)7-5-6-8-13/h5-9H2,1-4H3,(H,15,16). The van der Waals surface area contributed by atoms with Crippen molar-refractivity contribution in [3.05, 3.63) is 0 Å². The van der Waals surface area contributed by atoms with Gasteiger partial charge in [-0.15, -0.1) is 0 Å². The van der Waals surface area contributed by atoms with Crippen LogP contribution in [0.3, 0.4) is 0 Å². The van der Waals surface area contributed by atoms with E-state index in [-0.39, 0.29) is 17.9 Å². The highest BCUT2D eigenvalue weighted by atomic mass is 16.4. The van der Waals surface area contributed by atoms with Gasteiger partial charge in [0, 0.05) is 11.0 Å². The topological polar surface area (TPSA) is 57.6 Å². The van der Waals surface area contributed by atoms with Crippen molar-refractivity contribution >= 4 is 11.9 Å². The van der Waals surface area contributed by atoms with Gasteiger partial charge in [-0.3, -0.25) is 9.59 Å². The second-order valence-electron chi connectivity index (χ2n) is 6.22. The number of carboxylic acids is 1. The van der Waals surface area contributed by atoms with E-state index in [0.717, 1.165) is 25.7 Å². The molecule has 1 amide bonds. The SMILES string of the molecule is CC1(C(=O)N(CC(=O)O)C(C)(C)C)CCCC1. The van der Waals surface area contributed by atoms with E-state index < -0.39 is 11.5 Å². The second-order valence-corrected chi connectivity index (χ2v) is 6.22. The van der Waals surface area contributed by atoms with Gasteiger partial charge in [0.15, 0.2) is 0 Å². The number of rotatable bonds is 3. The van der Waals surface area contributed by atoms with Crippen LogP contribution in [0.4, 0.5) is 0 Å². The van der Waals surface area contributed by atoms with Gasteiger partial charge >= 0.3 is 5.97 Å². The second kappa shape index (κ2) is 4.67. The first kappa shape index (κ1) is 14.0. The van der Waals surface area contributed by atoms with Crippen molar-refractivity contribution in [2.24, 2.45) is 5.41 Å². The average Bonchev–Trinajstić information content (AvgIpc) is 2.60. The van der Waals surface area contributed by atoms with Crippen LogP contribution in [0, 0.1) is 5.41 Å². The number of carbonyl (C=O) groups excluding carboxylic acids is 1. The summed E-state index contributed by atoms with van der Waals surface area (Å²) in [4.78, 5) is 24.9. The van der Waals surface area contributed by atoms with Gasteiger partial charge in [-0.2, -0.15) is 0 Å². The minimum absolute atomic E-state index is 0.00935. The van der Waals surface area contributed by atoms with E-state index in [0.29, 0.717) is 0 Å². The van der Waals surface area contributed by atoms with Crippen LogP contribution in [0.15, 0.2) is 0 Å². The van der Waals surface area contributed by atoms with Crippen LogP contribution in [-0.2, 0) is 9.59 Å². The first-order valence-corrected chi connectivity index (χ1v) is 6.21. The number of aliphatic carboxylic acids is 1. The summed E-state index contributed by atoms with van der Waals surface area (Å²) in [6.07, 6.45) is 3.87. The molecule has 1 rings (SSSR count). The first-order valence-electron chi connectivity index (χ1n) is 6.21. The highest BCUT2D eigenvalue weighted by Crippen LogP contribution is 2.40. The lowest BCUT2D eigenvalue weighted by Crippen LogP contribution is -2.52. The number of hydrogen-bond acceptors (Lipinski definition) is 2. The zero-order chi connectivity index (χ0) is 13.3. The van der Waals surface area contributed by atoms with E-state index in [4.69, 9.17) is 5.11 Å². The van der Waals surface area contributed by atoms with Crippen LogP contribution in [0.1, 0.15) is 53.4 Å². The van der Waals surface area contributed by atoms with Crippen molar-refractivity contribution in [3.63, 3.8) is 0 Å². The largest absolute Gasteiger partial charge is 0.480 e. The number of nitrogens with zero attached hydrogens (tertiary/aromatic N) is 1. The van der Waals surface area contributed by atoms with Crippen LogP contribution < -0.4 is 0 Å². The fraction of sp³-hybridized carbons (Fsp3) is 0.846. The predicted molar refractivity (Wildman–Crippen MR) is 65.7 cm³/mol. The third kappa shape index (κ3) is 3.20. The van der Waals surface area contributed by atoms with Gasteiger partial charge < -0.3 is 10.0 Å². The van der Waals surface area contributed by atoms with Crippen molar-refractivity contribution in [3.8, 4) is 0 Å². The molecule has 0 heterocycles. The van der Waals surface area contributed by atoms with Crippen molar-refractivity contribution in [2.45, 2.75) is 58.9 Å². The molecule has 17 heavy (non-hydrogen) atoms. The normalized spacial score (nSPS) is 19.1. The molecule has 1 aliphatic rings. The average molecular weight is 241 g/mol. The Bertz CT molecular complexity index is 311. The molecular formula is C13H23NO3. The third-order valence-corrected chi connectivity index (χ3v) is 3.57. The minimum Gasteiger partial charge on any atom is -0.480 e. The van der Waals surface area contributed by atoms with Gasteiger partial charge in [0.2, 0.25) is 5.91 Å². The Morgan fingerprint density at radius 1 is 1.24 bits per heavy atom. The molecule has 0 aromatic rings. The van der Waals surface area contributed by atoms with Gasteiger partial charge in [0.25, 0.3) is 0 Å². The van der Waals surface area contributed by atoms with E-state index in [1.807, 2.05) is 27.7 Å². The molecule has 4 nitrogen and oxygen atoms in total. The van der Waals surface area contributed by atoms with E-state index in [1.54, 1.807) is 0 Å². The Kier molecular flexibility index (Phi) is 3.84. The molecule has 1 N–H and O–H groups in total. The van der Waals surface area contributed by atoms with E-state index in [1.165, 1.54) is 4.90 Å². The number of amides is 1. The molecule has 0 aliphatic heterocycles. The van der Waals surface area contributed by atoms with Gasteiger partial charge in [-0.1, -0.05) is 19.8 Å². The molecule has 0 atom stereocenters. The summed E-state index contributed by atoms with van der Waals surface area (Å²) in [5.74, 6) is -0.959. The zero-order valence-electron chi connectivity index (χ0n) is 11.2. The lowest BCUT2D eigenvalue weighted by Gasteiger charge is -2.39. The van der Waals surface area contributed by atoms with Crippen LogP contribution in [0.5, 0.6) is 0 Å². The molecule has 0 unspecified atom stereocenters. The number of carboxylic acid groups (broad SMARTS) is 1. The molecule has 1 aliphatic carbocycles. The Labute approximate surface area is 103 Å². The van der Waals surface area contributed by atoms with Crippen molar-refractivity contribution < 1.29 is 14.7 Å². The summed E-state index contributed by atoms with van der Waals surface area (Å²) < 4.78 is 0. The lowest BCUT2D eigenvalue weighted by molar-refractivity contribution is -0.154. The quantitative estimate of drug-likeness (QED) is 0.824. The molecule has 1 fully saturated rings. The fourth-order valence-electron chi connectivity index (χ4n) is 2.44. The third-order valence-electron chi connectivity index (χ3n) is 3.57. The summed E-state index contributed by atoms with van der Waals surface area (Å²) in [5, 5.41) is 8.93. The summed E-state index contributed by atoms with van der Waals surface area (Å²) in [7, 11) is 0. The highest BCUT2D eigenvalue weighted by Gasteiger charge is 2.42. The Morgan fingerprint density at radius 3 is 2.06 bits per heavy atom. The first-order chi connectivity index (χ1) is 7.67. The maximum atomic E-state index is 12.5. The molecular weight excluding hydrogens is 218 g/mol. The molecule has 0 spiro atoms. The van der Waals surface area contributed by atoms with Crippen LogP contribution in [-0.4, -0.2) is 34.0 Å². The fourth-order valence-corrected chi connectivity index (χ4v) is 2.44. The molecule has 0 aromatic heterocycles. The smallest absolute Gasteiger partial charge is 0.323 e. The molecule has 0 saturated heterocycles. The maximum Gasteiger partial charge on any atom is 0.323 e. The van der Waals surface area contributed by atoms with Gasteiger partial charge in [-0.05, 0) is 33.6 Å². The molecule has 4 heteroatoms. The monoisotopic (exact) mass is 241 g/mol. The van der Waals surface area contributed by atoms with Crippen LogP contribution >= 0.6 is 0 Å². The Balaban J connectivity index is 2.90. The molecule has 1 saturated carbocycles. The van der Waals surface area contributed by atoms with Crippen molar-refractivity contribution in [1.29, 1.82) is 0 Å². The van der Waals surface area contributed by atoms with Gasteiger partial charge in [0.1, 0.15) is 6.54 Å². The van der Waals surface area contributed by atoms with E-state index in [2.05, 4.69) is 0 Å². The highest BCUT2D eigenvalue weighted by molar-refractivity contribution is 5.86. The molecule has 0 bridgehead atoms. The zero-order valence-corrected chi connectivity index (χ0v) is 11.2. The number of carbonyl (C=O) groups is 2. The van der Waals surface area contributed by atoms with Crippen molar-refractivity contribution in [2.75, 3.05) is 6.54 Å². The summed E-state index contributed by atoms with van der Waals surface area (Å²) >= 11 is 0. The van der Waals surface area contributed by atoms with Crippen molar-refractivity contribution in [1.82, 2.24) is 4.90 Å². The Hall–Kier alpha value is -1.06. The van der Waals surface area contributed by atoms with Gasteiger partial charge in [-0.25, -0.2) is 0 Å². The minimum atomic E-state index is -0.949. The molecule has 0 radical (unpaired) electrons. The molecule has 0 aromatic carbocycles. The maximum absolute atomic E-state index is 12.5. The summed E-state index contributed by atoms with van der Waals surface area (Å²) in [6.45, 7) is 7.39. The number of hydrogen-bond donors (Lipinski definition) is 1. The van der Waals surface area contributed by atoms with E-state index >= 15 is 0 Å². The molecule has 98 valence electrons. The summed E-state index contributed by atoms with van der Waals surface area (Å²) in [5.41, 5.74) is -0.802. The summed E-state index contributed by atoms with van der Waals surface area (Å²) in [6, 6.07) is 0. The van der Waals surface area contributed by atoms with Crippen LogP contribution in [0.2, 0.25) is 0 Å². The van der Waals surface area contributed by atoms with E-state index in [9.17, 15) is 9.59 Å². The predicted octanol–water partition coefficient (Wildman–Crippen LogP) is 2.28. The Morgan fingerprint density at radius 2 is 1.71 bits per heavy atom. The lowest BCUT2D eigenvalue weighted by atomic mass is 9.85.